The van der Waals surface area contributed by atoms with E-state index < -0.39 is 5.56 Å². The van der Waals surface area contributed by atoms with Gasteiger partial charge in [-0.05, 0) is 25.0 Å². The number of benzene rings is 1. The van der Waals surface area contributed by atoms with Gasteiger partial charge in [0, 0.05) is 17.7 Å². The van der Waals surface area contributed by atoms with Crippen LogP contribution in [0, 0.1) is 0 Å². The molecule has 0 atom stereocenters. The van der Waals surface area contributed by atoms with E-state index in [1.54, 1.807) is 6.07 Å². The first-order chi connectivity index (χ1) is 9.67. The Bertz CT molecular complexity index is 764. The lowest BCUT2D eigenvalue weighted by atomic mass is 10.00. The first-order valence-corrected chi connectivity index (χ1v) is 6.35. The van der Waals surface area contributed by atoms with Crippen molar-refractivity contribution in [2.45, 2.75) is 12.8 Å². The Hall–Kier alpha value is -2.50. The van der Waals surface area contributed by atoms with Crippen LogP contribution in [0.5, 0.6) is 5.75 Å². The Labute approximate surface area is 114 Å². The average molecular weight is 274 g/mol. The minimum absolute atomic E-state index is 0.268. The molecular weight excluding hydrogens is 260 g/mol. The summed E-state index contributed by atoms with van der Waals surface area (Å²) in [5.74, 6) is 0.457. The van der Waals surface area contributed by atoms with E-state index in [4.69, 9.17) is 4.74 Å². The van der Waals surface area contributed by atoms with E-state index in [1.807, 2.05) is 0 Å². The van der Waals surface area contributed by atoms with Gasteiger partial charge in [0.15, 0.2) is 0 Å². The molecule has 0 unspecified atom stereocenters. The number of methoxy groups -OCH3 is 1. The maximum Gasteiger partial charge on any atom is 0.288 e. The number of hydrogen-bond acceptors (Lipinski definition) is 5. The van der Waals surface area contributed by atoms with Gasteiger partial charge in [-0.3, -0.25) is 9.59 Å². The standard InChI is InChI=1S/C14H14N2O4/c1-20-11-6-8(7-17)5-10-12(11)13-9(3-2-4-15-13)14(18)16(10)19/h5-7,15,19H,2-4H2,1H3. The Morgan fingerprint density at radius 3 is 2.95 bits per heavy atom. The molecule has 104 valence electrons. The van der Waals surface area contributed by atoms with Gasteiger partial charge < -0.3 is 15.3 Å². The lowest BCUT2D eigenvalue weighted by Gasteiger charge is -2.21. The second-order valence-electron chi connectivity index (χ2n) is 4.74. The molecule has 20 heavy (non-hydrogen) atoms. The molecule has 2 aromatic rings. The molecule has 3 rings (SSSR count). The summed E-state index contributed by atoms with van der Waals surface area (Å²) in [6, 6.07) is 3.07. The van der Waals surface area contributed by atoms with Crippen molar-refractivity contribution in [1.29, 1.82) is 0 Å². The summed E-state index contributed by atoms with van der Waals surface area (Å²) in [6.45, 7) is 0.759. The van der Waals surface area contributed by atoms with Gasteiger partial charge in [0.25, 0.3) is 5.56 Å². The van der Waals surface area contributed by atoms with E-state index in [9.17, 15) is 14.8 Å². The van der Waals surface area contributed by atoms with Crippen LogP contribution >= 0.6 is 0 Å². The van der Waals surface area contributed by atoms with Gasteiger partial charge >= 0.3 is 0 Å². The number of hydrogen-bond donors (Lipinski definition) is 2. The smallest absolute Gasteiger partial charge is 0.288 e. The van der Waals surface area contributed by atoms with Crippen LogP contribution in [-0.4, -0.2) is 29.9 Å². The third-order valence-electron chi connectivity index (χ3n) is 3.60. The zero-order valence-corrected chi connectivity index (χ0v) is 11.0. The fraction of sp³-hybridized carbons (Fsp3) is 0.286. The summed E-state index contributed by atoms with van der Waals surface area (Å²) >= 11 is 0. The van der Waals surface area contributed by atoms with Crippen molar-refractivity contribution in [2.24, 2.45) is 0 Å². The zero-order valence-electron chi connectivity index (χ0n) is 11.0. The molecule has 0 amide bonds. The van der Waals surface area contributed by atoms with E-state index in [-0.39, 0.29) is 5.52 Å². The largest absolute Gasteiger partial charge is 0.496 e. The Kier molecular flexibility index (Phi) is 2.85. The number of rotatable bonds is 2. The zero-order chi connectivity index (χ0) is 14.3. The van der Waals surface area contributed by atoms with Crippen LogP contribution in [-0.2, 0) is 6.42 Å². The summed E-state index contributed by atoms with van der Waals surface area (Å²) < 4.78 is 5.90. The lowest BCUT2D eigenvalue weighted by molar-refractivity contribution is 0.112. The van der Waals surface area contributed by atoms with E-state index in [0.717, 1.165) is 13.0 Å². The van der Waals surface area contributed by atoms with Crippen LogP contribution in [0.3, 0.4) is 0 Å². The van der Waals surface area contributed by atoms with E-state index in [1.165, 1.54) is 13.2 Å². The van der Waals surface area contributed by atoms with Crippen LogP contribution in [0.2, 0.25) is 0 Å². The van der Waals surface area contributed by atoms with Crippen LogP contribution < -0.4 is 15.6 Å². The van der Waals surface area contributed by atoms with Crippen LogP contribution in [0.1, 0.15) is 22.3 Å². The number of anilines is 1. The lowest BCUT2D eigenvalue weighted by Crippen LogP contribution is -2.28. The van der Waals surface area contributed by atoms with Crippen LogP contribution in [0.4, 0.5) is 5.69 Å². The summed E-state index contributed by atoms with van der Waals surface area (Å²) in [7, 11) is 1.49. The Morgan fingerprint density at radius 2 is 2.25 bits per heavy atom. The molecule has 0 saturated carbocycles. The maximum atomic E-state index is 12.2. The number of ether oxygens (including phenoxy) is 1. The van der Waals surface area contributed by atoms with Crippen molar-refractivity contribution in [1.82, 2.24) is 4.73 Å². The van der Waals surface area contributed by atoms with Gasteiger partial charge in [0.05, 0.1) is 23.7 Å². The normalized spacial score (nSPS) is 13.7. The number of nitrogens with zero attached hydrogens (tertiary/aromatic N) is 1. The Morgan fingerprint density at radius 1 is 1.45 bits per heavy atom. The highest BCUT2D eigenvalue weighted by molar-refractivity contribution is 6.01. The molecular formula is C14H14N2O4. The number of fused-ring (bicyclic) bond motifs is 3. The molecule has 2 N–H and O–H groups in total. The molecule has 0 radical (unpaired) electrons. The third-order valence-corrected chi connectivity index (χ3v) is 3.60. The quantitative estimate of drug-likeness (QED) is 0.639. The van der Waals surface area contributed by atoms with E-state index in [2.05, 4.69) is 5.32 Å². The van der Waals surface area contributed by atoms with Crippen LogP contribution in [0.15, 0.2) is 16.9 Å². The highest BCUT2D eigenvalue weighted by atomic mass is 16.5. The highest BCUT2D eigenvalue weighted by Crippen LogP contribution is 2.35. The molecule has 1 aromatic heterocycles. The first-order valence-electron chi connectivity index (χ1n) is 6.35. The number of aromatic nitrogens is 1. The monoisotopic (exact) mass is 274 g/mol. The first kappa shape index (κ1) is 12.5. The van der Waals surface area contributed by atoms with Crippen molar-refractivity contribution in [3.63, 3.8) is 0 Å². The van der Waals surface area contributed by atoms with Crippen molar-refractivity contribution in [3.05, 3.63) is 33.6 Å². The fourth-order valence-electron chi connectivity index (χ4n) is 2.67. The van der Waals surface area contributed by atoms with Gasteiger partial charge in [-0.15, -0.1) is 4.73 Å². The predicted molar refractivity (Wildman–Crippen MR) is 74.1 cm³/mol. The predicted octanol–water partition coefficient (Wildman–Crippen LogP) is 1.42. The minimum atomic E-state index is -0.454. The fourth-order valence-corrected chi connectivity index (χ4v) is 2.67. The van der Waals surface area contributed by atoms with Gasteiger partial charge in [-0.2, -0.15) is 0 Å². The molecule has 0 saturated heterocycles. The van der Waals surface area contributed by atoms with E-state index >= 15 is 0 Å². The highest BCUT2D eigenvalue weighted by Gasteiger charge is 2.22. The number of pyridine rings is 1. The van der Waals surface area contributed by atoms with E-state index in [0.29, 0.717) is 45.4 Å². The van der Waals surface area contributed by atoms with Gasteiger partial charge in [-0.1, -0.05) is 0 Å². The second-order valence-corrected chi connectivity index (χ2v) is 4.74. The molecule has 1 aliphatic rings. The van der Waals surface area contributed by atoms with Gasteiger partial charge in [-0.25, -0.2) is 0 Å². The Balaban J connectivity index is 2.51. The summed E-state index contributed by atoms with van der Waals surface area (Å²) in [4.78, 5) is 23.1. The molecule has 6 nitrogen and oxygen atoms in total. The summed E-state index contributed by atoms with van der Waals surface area (Å²) in [6.07, 6.45) is 2.10. The average Bonchev–Trinajstić information content (AvgIpc) is 2.51. The molecule has 0 aliphatic carbocycles. The number of nitrogens with one attached hydrogen (secondary N) is 1. The van der Waals surface area contributed by atoms with Crippen molar-refractivity contribution >= 4 is 22.9 Å². The third kappa shape index (κ3) is 1.65. The number of carbonyl (C=O) groups is 1. The number of aldehydes is 1. The summed E-state index contributed by atoms with van der Waals surface area (Å²) in [5.41, 5.74) is 1.39. The minimum Gasteiger partial charge on any atom is -0.496 e. The molecule has 1 aliphatic heterocycles. The topological polar surface area (TPSA) is 80.6 Å². The second kappa shape index (κ2) is 4.56. The van der Waals surface area contributed by atoms with Crippen LogP contribution in [0.25, 0.3) is 10.9 Å². The maximum absolute atomic E-state index is 12.2. The summed E-state index contributed by atoms with van der Waals surface area (Å²) in [5, 5.41) is 13.9. The number of carbonyl (C=O) groups excluding carboxylic acids is 1. The molecule has 0 spiro atoms. The van der Waals surface area contributed by atoms with Crippen molar-refractivity contribution in [3.8, 4) is 5.75 Å². The molecule has 2 heterocycles. The van der Waals surface area contributed by atoms with Crippen molar-refractivity contribution < 1.29 is 14.7 Å². The SMILES string of the molecule is COc1cc(C=O)cc2c1c1c(c(=O)n2O)CCCN1. The van der Waals surface area contributed by atoms with Gasteiger partial charge in [0.2, 0.25) is 0 Å². The molecule has 0 bridgehead atoms. The molecule has 6 heteroatoms. The molecule has 1 aromatic carbocycles. The molecule has 0 fully saturated rings. The van der Waals surface area contributed by atoms with Gasteiger partial charge in [0.1, 0.15) is 12.0 Å². The van der Waals surface area contributed by atoms with Crippen molar-refractivity contribution in [2.75, 3.05) is 19.0 Å².